The Bertz CT molecular complexity index is 739. The van der Waals surface area contributed by atoms with Gasteiger partial charge in [0.05, 0.1) is 17.8 Å². The molecule has 1 aromatic carbocycles. The topological polar surface area (TPSA) is 67.2 Å². The predicted octanol–water partition coefficient (Wildman–Crippen LogP) is 2.18. The molecule has 25 heavy (non-hydrogen) atoms. The lowest BCUT2D eigenvalue weighted by atomic mass is 10.1. The molecule has 2 amide bonds. The van der Waals surface area contributed by atoms with Crippen molar-refractivity contribution in [3.63, 3.8) is 0 Å². The molecule has 6 heteroatoms. The van der Waals surface area contributed by atoms with Gasteiger partial charge >= 0.3 is 0 Å². The zero-order chi connectivity index (χ0) is 17.8. The zero-order valence-corrected chi connectivity index (χ0v) is 14.7. The van der Waals surface area contributed by atoms with Crippen LogP contribution in [0.4, 0.5) is 5.69 Å². The lowest BCUT2D eigenvalue weighted by molar-refractivity contribution is -0.126. The van der Waals surface area contributed by atoms with Crippen LogP contribution in [0.15, 0.2) is 42.7 Å². The van der Waals surface area contributed by atoms with Crippen molar-refractivity contribution in [1.82, 2.24) is 15.1 Å². The maximum absolute atomic E-state index is 12.4. The van der Waals surface area contributed by atoms with Gasteiger partial charge in [0.15, 0.2) is 0 Å². The van der Waals surface area contributed by atoms with Crippen LogP contribution in [0.5, 0.6) is 0 Å². The number of nitrogens with one attached hydrogen (secondary N) is 1. The standard InChI is InChI=1S/C19H24N4O2/c1-14(2)23-13-17(11-21-23)22-12-16(10-18(22)24)19(25)20-9-8-15-6-4-3-5-7-15/h3-7,11,13-14,16H,8-10,12H2,1-2H3,(H,20,25)/t16-/m1/s1. The molecule has 2 aromatic rings. The van der Waals surface area contributed by atoms with Gasteiger partial charge in [0, 0.05) is 31.7 Å². The molecule has 2 heterocycles. The Balaban J connectivity index is 1.53. The van der Waals surface area contributed by atoms with Crippen LogP contribution in [0, 0.1) is 5.92 Å². The molecule has 0 unspecified atom stereocenters. The molecule has 0 saturated carbocycles. The molecule has 1 saturated heterocycles. The van der Waals surface area contributed by atoms with Crippen molar-refractivity contribution in [2.24, 2.45) is 5.92 Å². The number of benzene rings is 1. The summed E-state index contributed by atoms with van der Waals surface area (Å²) in [7, 11) is 0. The lowest BCUT2D eigenvalue weighted by Crippen LogP contribution is -2.34. The van der Waals surface area contributed by atoms with E-state index in [4.69, 9.17) is 0 Å². The summed E-state index contributed by atoms with van der Waals surface area (Å²) in [5.41, 5.74) is 1.95. The van der Waals surface area contributed by atoms with Crippen molar-refractivity contribution in [1.29, 1.82) is 0 Å². The summed E-state index contributed by atoms with van der Waals surface area (Å²) in [6, 6.07) is 10.3. The molecule has 0 aliphatic carbocycles. The summed E-state index contributed by atoms with van der Waals surface area (Å²) in [5.74, 6) is -0.375. The van der Waals surface area contributed by atoms with E-state index in [-0.39, 0.29) is 30.2 Å². The molecule has 0 spiro atoms. The van der Waals surface area contributed by atoms with Crippen molar-refractivity contribution in [3.05, 3.63) is 48.3 Å². The van der Waals surface area contributed by atoms with Gasteiger partial charge in [0.2, 0.25) is 11.8 Å². The Kier molecular flexibility index (Phi) is 5.16. The fraction of sp³-hybridized carbons (Fsp3) is 0.421. The van der Waals surface area contributed by atoms with Gasteiger partial charge in [-0.25, -0.2) is 0 Å². The average molecular weight is 340 g/mol. The summed E-state index contributed by atoms with van der Waals surface area (Å²) in [6.07, 6.45) is 4.59. The second-order valence-electron chi connectivity index (χ2n) is 6.70. The fourth-order valence-corrected chi connectivity index (χ4v) is 3.00. The third kappa shape index (κ3) is 4.07. The number of carbonyl (C=O) groups excluding carboxylic acids is 2. The molecule has 0 radical (unpaired) electrons. The first-order valence-corrected chi connectivity index (χ1v) is 8.70. The molecular weight excluding hydrogens is 316 g/mol. The molecule has 132 valence electrons. The Morgan fingerprint density at radius 1 is 1.32 bits per heavy atom. The number of anilines is 1. The normalized spacial score (nSPS) is 17.3. The van der Waals surface area contributed by atoms with E-state index in [1.807, 2.05) is 55.1 Å². The zero-order valence-electron chi connectivity index (χ0n) is 14.7. The molecular formula is C19H24N4O2. The molecule has 1 N–H and O–H groups in total. The maximum Gasteiger partial charge on any atom is 0.227 e. The van der Waals surface area contributed by atoms with Gasteiger partial charge in [-0.15, -0.1) is 0 Å². The second-order valence-corrected chi connectivity index (χ2v) is 6.70. The first-order chi connectivity index (χ1) is 12.0. The highest BCUT2D eigenvalue weighted by atomic mass is 16.2. The SMILES string of the molecule is CC(C)n1cc(N2C[C@H](C(=O)NCCc3ccccc3)CC2=O)cn1. The van der Waals surface area contributed by atoms with Crippen molar-refractivity contribution in [2.45, 2.75) is 32.7 Å². The van der Waals surface area contributed by atoms with E-state index in [9.17, 15) is 9.59 Å². The van der Waals surface area contributed by atoms with Crippen LogP contribution in [0.25, 0.3) is 0 Å². The van der Waals surface area contributed by atoms with Gasteiger partial charge in [0.1, 0.15) is 0 Å². The number of hydrogen-bond donors (Lipinski definition) is 1. The van der Waals surface area contributed by atoms with Crippen molar-refractivity contribution in [3.8, 4) is 0 Å². The quantitative estimate of drug-likeness (QED) is 0.876. The Morgan fingerprint density at radius 3 is 2.76 bits per heavy atom. The Morgan fingerprint density at radius 2 is 2.08 bits per heavy atom. The second kappa shape index (κ2) is 7.51. The van der Waals surface area contributed by atoms with Gasteiger partial charge in [0.25, 0.3) is 0 Å². The van der Waals surface area contributed by atoms with Gasteiger partial charge in [-0.1, -0.05) is 30.3 Å². The van der Waals surface area contributed by atoms with Crippen LogP contribution in [-0.4, -0.2) is 34.7 Å². The van der Waals surface area contributed by atoms with Gasteiger partial charge in [-0.2, -0.15) is 5.10 Å². The van der Waals surface area contributed by atoms with Gasteiger partial charge in [-0.3, -0.25) is 14.3 Å². The molecule has 1 atom stereocenters. The van der Waals surface area contributed by atoms with Crippen LogP contribution in [-0.2, 0) is 16.0 Å². The van der Waals surface area contributed by atoms with Crippen LogP contribution >= 0.6 is 0 Å². The van der Waals surface area contributed by atoms with Crippen LogP contribution < -0.4 is 10.2 Å². The highest BCUT2D eigenvalue weighted by Crippen LogP contribution is 2.25. The summed E-state index contributed by atoms with van der Waals surface area (Å²) < 4.78 is 1.82. The summed E-state index contributed by atoms with van der Waals surface area (Å²) in [4.78, 5) is 26.3. The highest BCUT2D eigenvalue weighted by molar-refractivity contribution is 6.00. The summed E-state index contributed by atoms with van der Waals surface area (Å²) in [5, 5.41) is 7.22. The monoisotopic (exact) mass is 340 g/mol. The molecule has 6 nitrogen and oxygen atoms in total. The maximum atomic E-state index is 12.4. The summed E-state index contributed by atoms with van der Waals surface area (Å²) >= 11 is 0. The third-order valence-corrected chi connectivity index (χ3v) is 4.48. The van der Waals surface area contributed by atoms with E-state index < -0.39 is 0 Å². The largest absolute Gasteiger partial charge is 0.355 e. The molecule has 1 aromatic heterocycles. The fourth-order valence-electron chi connectivity index (χ4n) is 3.00. The predicted molar refractivity (Wildman–Crippen MR) is 96.2 cm³/mol. The Labute approximate surface area is 147 Å². The highest BCUT2D eigenvalue weighted by Gasteiger charge is 2.35. The minimum absolute atomic E-state index is 0.0217. The minimum Gasteiger partial charge on any atom is -0.355 e. The number of carbonyl (C=O) groups is 2. The number of amides is 2. The first-order valence-electron chi connectivity index (χ1n) is 8.70. The molecule has 1 aliphatic heterocycles. The van der Waals surface area contributed by atoms with Gasteiger partial charge < -0.3 is 10.2 Å². The number of nitrogens with zero attached hydrogens (tertiary/aromatic N) is 3. The van der Waals surface area contributed by atoms with Crippen molar-refractivity contribution in [2.75, 3.05) is 18.0 Å². The number of aromatic nitrogens is 2. The minimum atomic E-state index is -0.300. The number of hydrogen-bond acceptors (Lipinski definition) is 3. The molecule has 3 rings (SSSR count). The van der Waals surface area contributed by atoms with E-state index in [1.54, 1.807) is 11.1 Å². The van der Waals surface area contributed by atoms with Crippen LogP contribution in [0.1, 0.15) is 31.9 Å². The molecule has 0 bridgehead atoms. The van der Waals surface area contributed by atoms with Gasteiger partial charge in [-0.05, 0) is 25.8 Å². The molecule has 1 aliphatic rings. The van der Waals surface area contributed by atoms with Crippen LogP contribution in [0.2, 0.25) is 0 Å². The third-order valence-electron chi connectivity index (χ3n) is 4.48. The lowest BCUT2D eigenvalue weighted by Gasteiger charge is -2.14. The first kappa shape index (κ1) is 17.2. The number of rotatable bonds is 6. The average Bonchev–Trinajstić information content (AvgIpc) is 3.22. The van der Waals surface area contributed by atoms with E-state index >= 15 is 0 Å². The molecule has 1 fully saturated rings. The van der Waals surface area contributed by atoms with E-state index in [1.165, 1.54) is 5.56 Å². The summed E-state index contributed by atoms with van der Waals surface area (Å²) in [6.45, 7) is 5.07. The van der Waals surface area contributed by atoms with E-state index in [0.29, 0.717) is 13.1 Å². The van der Waals surface area contributed by atoms with Crippen molar-refractivity contribution >= 4 is 17.5 Å². The smallest absolute Gasteiger partial charge is 0.227 e. The Hall–Kier alpha value is -2.63. The van der Waals surface area contributed by atoms with E-state index in [2.05, 4.69) is 10.4 Å². The van der Waals surface area contributed by atoms with Crippen LogP contribution in [0.3, 0.4) is 0 Å². The van der Waals surface area contributed by atoms with Crippen molar-refractivity contribution < 1.29 is 9.59 Å². The van der Waals surface area contributed by atoms with E-state index in [0.717, 1.165) is 12.1 Å².